The van der Waals surface area contributed by atoms with E-state index in [2.05, 4.69) is 36.1 Å². The van der Waals surface area contributed by atoms with Crippen molar-refractivity contribution < 1.29 is 18.0 Å². The fraction of sp³-hybridized carbons (Fsp3) is 0.167. The van der Waals surface area contributed by atoms with Crippen LogP contribution in [0.25, 0.3) is 0 Å². The minimum Gasteiger partial charge on any atom is -0.367 e. The summed E-state index contributed by atoms with van der Waals surface area (Å²) in [6, 6.07) is 10.7. The normalized spacial score (nSPS) is 11.0. The highest BCUT2D eigenvalue weighted by atomic mass is 19.4. The molecule has 3 aromatic rings. The van der Waals surface area contributed by atoms with E-state index in [1.807, 2.05) is 6.07 Å². The molecule has 0 saturated heterocycles. The summed E-state index contributed by atoms with van der Waals surface area (Å²) in [5.74, 6) is 1.15. The van der Waals surface area contributed by atoms with Gasteiger partial charge >= 0.3 is 6.18 Å². The van der Waals surface area contributed by atoms with Gasteiger partial charge in [-0.1, -0.05) is 6.07 Å². The van der Waals surface area contributed by atoms with Crippen LogP contribution in [0.15, 0.2) is 54.9 Å². The maximum Gasteiger partial charge on any atom is 0.433 e. The van der Waals surface area contributed by atoms with Gasteiger partial charge in [0.05, 0.1) is 5.56 Å². The van der Waals surface area contributed by atoms with Gasteiger partial charge in [0.1, 0.15) is 17.3 Å². The second kappa shape index (κ2) is 8.95. The summed E-state index contributed by atoms with van der Waals surface area (Å²) in [4.78, 5) is 19.3. The Hall–Kier alpha value is -3.76. The molecule has 0 atom stereocenters. The van der Waals surface area contributed by atoms with Gasteiger partial charge in [0.15, 0.2) is 5.82 Å². The van der Waals surface area contributed by atoms with Crippen molar-refractivity contribution in [3.05, 3.63) is 66.1 Å². The lowest BCUT2D eigenvalue weighted by molar-refractivity contribution is -0.141. The van der Waals surface area contributed by atoms with Crippen molar-refractivity contribution in [2.45, 2.75) is 6.18 Å². The number of nitrogens with one attached hydrogen (secondary N) is 3. The van der Waals surface area contributed by atoms with Gasteiger partial charge < -0.3 is 16.0 Å². The van der Waals surface area contributed by atoms with E-state index in [9.17, 15) is 18.0 Å². The molecule has 3 aromatic heterocycles. The Morgan fingerprint density at radius 1 is 0.897 bits per heavy atom. The third-order valence-electron chi connectivity index (χ3n) is 3.62. The summed E-state index contributed by atoms with van der Waals surface area (Å²) in [5.41, 5.74) is -1.00. The van der Waals surface area contributed by atoms with Crippen LogP contribution in [0, 0.1) is 0 Å². The molecule has 3 rings (SSSR count). The Morgan fingerprint density at radius 2 is 1.69 bits per heavy atom. The number of rotatable bonds is 7. The summed E-state index contributed by atoms with van der Waals surface area (Å²) in [6.45, 7) is 0.580. The highest BCUT2D eigenvalue weighted by Crippen LogP contribution is 2.27. The van der Waals surface area contributed by atoms with Gasteiger partial charge in [0, 0.05) is 25.5 Å². The van der Waals surface area contributed by atoms with Gasteiger partial charge in [0.2, 0.25) is 0 Å². The van der Waals surface area contributed by atoms with Crippen LogP contribution in [-0.2, 0) is 6.18 Å². The first-order chi connectivity index (χ1) is 13.9. The zero-order chi connectivity index (χ0) is 20.7. The predicted octanol–water partition coefficient (Wildman–Crippen LogP) is 2.87. The quantitative estimate of drug-likeness (QED) is 0.521. The molecule has 0 aromatic carbocycles. The van der Waals surface area contributed by atoms with Crippen molar-refractivity contribution in [2.24, 2.45) is 0 Å². The molecule has 0 unspecified atom stereocenters. The van der Waals surface area contributed by atoms with Gasteiger partial charge in [-0.3, -0.25) is 9.78 Å². The number of aromatic nitrogens is 4. The molecule has 0 aliphatic heterocycles. The van der Waals surface area contributed by atoms with Gasteiger partial charge in [-0.25, -0.2) is 4.98 Å². The molecule has 0 aliphatic carbocycles. The Morgan fingerprint density at radius 3 is 2.31 bits per heavy atom. The molecule has 8 nitrogen and oxygen atoms in total. The second-order valence-corrected chi connectivity index (χ2v) is 5.76. The molecule has 3 N–H and O–H groups in total. The van der Waals surface area contributed by atoms with Crippen LogP contribution in [0.2, 0.25) is 0 Å². The smallest absolute Gasteiger partial charge is 0.367 e. The number of carbonyl (C=O) groups is 1. The highest BCUT2D eigenvalue weighted by molar-refractivity contribution is 5.93. The first-order valence-electron chi connectivity index (χ1n) is 8.49. The van der Waals surface area contributed by atoms with Crippen LogP contribution in [0.3, 0.4) is 0 Å². The number of hydrogen-bond acceptors (Lipinski definition) is 7. The van der Waals surface area contributed by atoms with Crippen molar-refractivity contribution in [2.75, 3.05) is 23.7 Å². The Labute approximate surface area is 163 Å². The lowest BCUT2D eigenvalue weighted by Crippen LogP contribution is -2.29. The zero-order valence-electron chi connectivity index (χ0n) is 14.9. The van der Waals surface area contributed by atoms with Crippen LogP contribution in [0.4, 0.5) is 30.6 Å². The monoisotopic (exact) mass is 403 g/mol. The molecule has 1 amide bonds. The lowest BCUT2D eigenvalue weighted by Gasteiger charge is -2.09. The van der Waals surface area contributed by atoms with Gasteiger partial charge in [-0.15, -0.1) is 10.2 Å². The number of nitrogens with zero attached hydrogens (tertiary/aromatic N) is 4. The van der Waals surface area contributed by atoms with E-state index in [-0.39, 0.29) is 12.1 Å². The molecule has 0 spiro atoms. The number of hydrogen-bond donors (Lipinski definition) is 3. The largest absolute Gasteiger partial charge is 0.433 e. The minimum atomic E-state index is -4.54. The molecular formula is C18H16F3N7O. The number of carbonyl (C=O) groups excluding carboxylic acids is 1. The Bertz CT molecular complexity index is 932. The topological polar surface area (TPSA) is 105 Å². The number of pyridine rings is 2. The van der Waals surface area contributed by atoms with Gasteiger partial charge in [-0.2, -0.15) is 13.2 Å². The van der Waals surface area contributed by atoms with Crippen molar-refractivity contribution in [1.29, 1.82) is 0 Å². The molecule has 0 saturated carbocycles. The van der Waals surface area contributed by atoms with Crippen LogP contribution < -0.4 is 16.0 Å². The van der Waals surface area contributed by atoms with Crippen molar-refractivity contribution in [3.63, 3.8) is 0 Å². The van der Waals surface area contributed by atoms with Crippen molar-refractivity contribution in [1.82, 2.24) is 25.5 Å². The molecular weight excluding hydrogens is 387 g/mol. The second-order valence-electron chi connectivity index (χ2n) is 5.76. The Kier molecular flexibility index (Phi) is 6.17. The summed E-state index contributed by atoms with van der Waals surface area (Å²) in [7, 11) is 0. The van der Waals surface area contributed by atoms with E-state index < -0.39 is 17.8 Å². The molecule has 0 radical (unpaired) electrons. The number of alkyl halides is 3. The molecule has 3 heterocycles. The van der Waals surface area contributed by atoms with Gasteiger partial charge in [-0.05, 0) is 36.4 Å². The third kappa shape index (κ3) is 5.86. The highest BCUT2D eigenvalue weighted by Gasteiger charge is 2.32. The first kappa shape index (κ1) is 20.0. The summed E-state index contributed by atoms with van der Waals surface area (Å²) in [6.07, 6.45) is -1.99. The third-order valence-corrected chi connectivity index (χ3v) is 3.62. The van der Waals surface area contributed by atoms with E-state index in [4.69, 9.17) is 0 Å². The number of anilines is 3. The van der Waals surface area contributed by atoms with Crippen LogP contribution >= 0.6 is 0 Å². The number of halogens is 3. The van der Waals surface area contributed by atoms with E-state index in [1.165, 1.54) is 0 Å². The summed E-state index contributed by atoms with van der Waals surface area (Å²) < 4.78 is 37.4. The molecule has 29 heavy (non-hydrogen) atoms. The van der Waals surface area contributed by atoms with E-state index in [0.717, 1.165) is 18.3 Å². The molecule has 150 valence electrons. The molecule has 0 bridgehead atoms. The zero-order valence-corrected chi connectivity index (χ0v) is 14.9. The van der Waals surface area contributed by atoms with E-state index in [1.54, 1.807) is 30.5 Å². The molecule has 0 aliphatic rings. The average Bonchev–Trinajstić information content (AvgIpc) is 2.72. The molecule has 0 fully saturated rings. The lowest BCUT2D eigenvalue weighted by atomic mass is 10.2. The maximum absolute atomic E-state index is 12.5. The molecule has 11 heteroatoms. The fourth-order valence-electron chi connectivity index (χ4n) is 2.23. The van der Waals surface area contributed by atoms with Crippen LogP contribution in [0.5, 0.6) is 0 Å². The van der Waals surface area contributed by atoms with Gasteiger partial charge in [0.25, 0.3) is 5.91 Å². The first-order valence-corrected chi connectivity index (χ1v) is 8.49. The van der Waals surface area contributed by atoms with E-state index >= 15 is 0 Å². The predicted molar refractivity (Wildman–Crippen MR) is 99.6 cm³/mol. The standard InChI is InChI=1S/C18H16F3N7O/c19-18(20,21)13-5-4-12(11-25-13)17(29)24-10-9-23-15-6-7-16(28-27-15)26-14-3-1-2-8-22-14/h1-8,11H,9-10H2,(H,23,27)(H,24,29)(H,22,26,28). The van der Waals surface area contributed by atoms with Crippen LogP contribution in [0.1, 0.15) is 16.1 Å². The average molecular weight is 403 g/mol. The summed E-state index contributed by atoms with van der Waals surface area (Å²) >= 11 is 0. The number of amides is 1. The maximum atomic E-state index is 12.5. The fourth-order valence-corrected chi connectivity index (χ4v) is 2.23. The van der Waals surface area contributed by atoms with E-state index in [0.29, 0.717) is 24.0 Å². The van der Waals surface area contributed by atoms with Crippen molar-refractivity contribution >= 4 is 23.4 Å². The van der Waals surface area contributed by atoms with Crippen LogP contribution in [-0.4, -0.2) is 39.2 Å². The SMILES string of the molecule is O=C(NCCNc1ccc(Nc2ccccn2)nn1)c1ccc(C(F)(F)F)nc1. The van der Waals surface area contributed by atoms with Crippen molar-refractivity contribution in [3.8, 4) is 0 Å². The summed E-state index contributed by atoms with van der Waals surface area (Å²) in [5, 5.41) is 16.6. The Balaban J connectivity index is 1.42. The minimum absolute atomic E-state index is 0.0442.